The Kier molecular flexibility index (Phi) is 2.86. The summed E-state index contributed by atoms with van der Waals surface area (Å²) in [5.41, 5.74) is 1.37. The molecule has 0 fully saturated rings. The van der Waals surface area contributed by atoms with E-state index < -0.39 is 5.97 Å². The van der Waals surface area contributed by atoms with Crippen LogP contribution in [0.25, 0.3) is 6.08 Å². The van der Waals surface area contributed by atoms with Crippen molar-refractivity contribution in [2.75, 3.05) is 0 Å². The van der Waals surface area contributed by atoms with Crippen molar-refractivity contribution in [3.05, 3.63) is 40.4 Å². The zero-order valence-corrected chi connectivity index (χ0v) is 8.02. The van der Waals surface area contributed by atoms with E-state index in [0.717, 1.165) is 0 Å². The van der Waals surface area contributed by atoms with Crippen molar-refractivity contribution < 1.29 is 14.6 Å². The summed E-state index contributed by atoms with van der Waals surface area (Å²) in [6.07, 6.45) is 2.80. The van der Waals surface area contributed by atoms with E-state index in [2.05, 4.69) is 0 Å². The predicted molar refractivity (Wildman–Crippen MR) is 51.4 cm³/mol. The molecule has 0 aliphatic heterocycles. The van der Waals surface area contributed by atoms with E-state index in [4.69, 9.17) is 5.11 Å². The molecule has 4 nitrogen and oxygen atoms in total. The van der Waals surface area contributed by atoms with Crippen molar-refractivity contribution in [3.8, 4) is 0 Å². The maximum Gasteiger partial charge on any atom is 0.331 e. The minimum atomic E-state index is -0.983. The molecule has 0 radical (unpaired) electrons. The number of hydrogen-bond donors (Lipinski definition) is 1. The quantitative estimate of drug-likeness (QED) is 0.435. The molecule has 74 valence electrons. The molecule has 1 aromatic heterocycles. The number of carboxylic acids is 1. The molecule has 0 unspecified atom stereocenters. The van der Waals surface area contributed by atoms with Crippen LogP contribution in [0.15, 0.2) is 23.9 Å². The third kappa shape index (κ3) is 2.32. The first-order valence-electron chi connectivity index (χ1n) is 4.12. The Morgan fingerprint density at radius 1 is 1.57 bits per heavy atom. The summed E-state index contributed by atoms with van der Waals surface area (Å²) >= 11 is 0. The number of carboxylic acid groups (broad SMARTS) is 1. The molecule has 0 saturated heterocycles. The number of aryl methyl sites for hydroxylation is 1. The topological polar surface area (TPSA) is 64.2 Å². The van der Waals surface area contributed by atoms with Crippen molar-refractivity contribution in [2.45, 2.75) is 13.8 Å². The first-order chi connectivity index (χ1) is 6.50. The van der Waals surface area contributed by atoms with Crippen LogP contribution in [0.3, 0.4) is 0 Å². The minimum Gasteiger partial charge on any atom is -0.618 e. The molecule has 0 atom stereocenters. The average Bonchev–Trinajstić information content (AvgIpc) is 2.11. The van der Waals surface area contributed by atoms with Gasteiger partial charge in [-0.05, 0) is 19.1 Å². The maximum atomic E-state index is 11.1. The second-order valence-corrected chi connectivity index (χ2v) is 3.06. The van der Waals surface area contributed by atoms with Gasteiger partial charge in [0.1, 0.15) is 0 Å². The van der Waals surface area contributed by atoms with E-state index in [1.165, 1.54) is 19.2 Å². The van der Waals surface area contributed by atoms with Crippen molar-refractivity contribution in [1.82, 2.24) is 0 Å². The molecule has 0 aromatic carbocycles. The van der Waals surface area contributed by atoms with E-state index in [9.17, 15) is 10.0 Å². The highest BCUT2D eigenvalue weighted by atomic mass is 16.5. The molecule has 1 aromatic rings. The molecule has 14 heavy (non-hydrogen) atoms. The predicted octanol–water partition coefficient (Wildman–Crippen LogP) is 1.12. The highest BCUT2D eigenvalue weighted by Crippen LogP contribution is 2.04. The molecule has 0 spiro atoms. The average molecular weight is 193 g/mol. The van der Waals surface area contributed by atoms with Gasteiger partial charge in [-0.1, -0.05) is 0 Å². The molecule has 0 amide bonds. The Morgan fingerprint density at radius 3 is 2.71 bits per heavy atom. The molecule has 0 saturated carbocycles. The van der Waals surface area contributed by atoms with Gasteiger partial charge in [-0.2, -0.15) is 4.73 Å². The fourth-order valence-electron chi connectivity index (χ4n) is 0.968. The van der Waals surface area contributed by atoms with Gasteiger partial charge in [-0.15, -0.1) is 0 Å². The minimum absolute atomic E-state index is 0.203. The SMILES string of the molecule is CC(=Cc1ccc(C)[n+]([O-])c1)C(=O)O. The van der Waals surface area contributed by atoms with Crippen molar-refractivity contribution in [2.24, 2.45) is 0 Å². The number of rotatable bonds is 2. The molecular weight excluding hydrogens is 182 g/mol. The zero-order valence-electron chi connectivity index (χ0n) is 8.02. The van der Waals surface area contributed by atoms with Crippen LogP contribution in [0.4, 0.5) is 0 Å². The highest BCUT2D eigenvalue weighted by molar-refractivity contribution is 5.91. The van der Waals surface area contributed by atoms with Gasteiger partial charge in [0, 0.05) is 24.1 Å². The Hall–Kier alpha value is -1.84. The fourth-order valence-corrected chi connectivity index (χ4v) is 0.968. The molecule has 0 aliphatic rings. The standard InChI is InChI=1S/C10H11NO3/c1-7(10(12)13)5-9-4-3-8(2)11(14)6-9/h3-6H,1-2H3,(H,12,13). The lowest BCUT2D eigenvalue weighted by molar-refractivity contribution is -0.612. The van der Waals surface area contributed by atoms with E-state index in [1.54, 1.807) is 19.1 Å². The summed E-state index contributed by atoms with van der Waals surface area (Å²) < 4.78 is 0.709. The molecule has 1 rings (SSSR count). The van der Waals surface area contributed by atoms with E-state index >= 15 is 0 Å². The van der Waals surface area contributed by atoms with Crippen LogP contribution in [-0.2, 0) is 4.79 Å². The van der Waals surface area contributed by atoms with Gasteiger partial charge in [-0.3, -0.25) is 0 Å². The van der Waals surface area contributed by atoms with E-state index in [-0.39, 0.29) is 5.57 Å². The Labute approximate surface area is 81.7 Å². The number of pyridine rings is 1. The van der Waals surface area contributed by atoms with Crippen LogP contribution >= 0.6 is 0 Å². The van der Waals surface area contributed by atoms with Gasteiger partial charge < -0.3 is 10.3 Å². The van der Waals surface area contributed by atoms with Crippen LogP contribution in [0.1, 0.15) is 18.2 Å². The van der Waals surface area contributed by atoms with Crippen LogP contribution < -0.4 is 4.73 Å². The number of aliphatic carboxylic acids is 1. The maximum absolute atomic E-state index is 11.1. The summed E-state index contributed by atoms with van der Waals surface area (Å²) in [6.45, 7) is 3.17. The number of nitrogens with zero attached hydrogens (tertiary/aromatic N) is 1. The second-order valence-electron chi connectivity index (χ2n) is 3.06. The molecule has 1 heterocycles. The normalized spacial score (nSPS) is 11.4. The van der Waals surface area contributed by atoms with E-state index in [0.29, 0.717) is 16.0 Å². The summed E-state index contributed by atoms with van der Waals surface area (Å²) in [6, 6.07) is 3.35. The lowest BCUT2D eigenvalue weighted by atomic mass is 10.2. The monoisotopic (exact) mass is 193 g/mol. The second kappa shape index (κ2) is 3.91. The number of aromatic nitrogens is 1. The lowest BCUT2D eigenvalue weighted by Crippen LogP contribution is -2.29. The molecule has 4 heteroatoms. The summed E-state index contributed by atoms with van der Waals surface area (Å²) in [4.78, 5) is 10.5. The van der Waals surface area contributed by atoms with Crippen LogP contribution in [0.5, 0.6) is 0 Å². The van der Waals surface area contributed by atoms with Crippen LogP contribution in [-0.4, -0.2) is 11.1 Å². The molecular formula is C10H11NO3. The van der Waals surface area contributed by atoms with Gasteiger partial charge in [-0.25, -0.2) is 4.79 Å². The Morgan fingerprint density at radius 2 is 2.21 bits per heavy atom. The first kappa shape index (κ1) is 10.2. The van der Waals surface area contributed by atoms with Crippen molar-refractivity contribution in [1.29, 1.82) is 0 Å². The third-order valence-electron chi connectivity index (χ3n) is 1.85. The largest absolute Gasteiger partial charge is 0.618 e. The van der Waals surface area contributed by atoms with Gasteiger partial charge in [0.25, 0.3) is 0 Å². The number of carbonyl (C=O) groups is 1. The van der Waals surface area contributed by atoms with E-state index in [1.807, 2.05) is 0 Å². The molecule has 0 aliphatic carbocycles. The van der Waals surface area contributed by atoms with Crippen LogP contribution in [0, 0.1) is 12.1 Å². The zero-order chi connectivity index (χ0) is 10.7. The van der Waals surface area contributed by atoms with Gasteiger partial charge in [0.05, 0.1) is 0 Å². The van der Waals surface area contributed by atoms with Gasteiger partial charge in [0.15, 0.2) is 11.9 Å². The molecule has 1 N–H and O–H groups in total. The van der Waals surface area contributed by atoms with Crippen LogP contribution in [0.2, 0.25) is 0 Å². The van der Waals surface area contributed by atoms with Gasteiger partial charge in [0.2, 0.25) is 0 Å². The van der Waals surface area contributed by atoms with Crippen molar-refractivity contribution >= 4 is 12.0 Å². The summed E-state index contributed by atoms with van der Waals surface area (Å²) in [5, 5.41) is 19.7. The summed E-state index contributed by atoms with van der Waals surface area (Å²) in [7, 11) is 0. The Bertz CT molecular complexity index is 396. The smallest absolute Gasteiger partial charge is 0.331 e. The fraction of sp³-hybridized carbons (Fsp3) is 0.200. The van der Waals surface area contributed by atoms with Gasteiger partial charge >= 0.3 is 5.97 Å². The highest BCUT2D eigenvalue weighted by Gasteiger charge is 2.03. The number of hydrogen-bond acceptors (Lipinski definition) is 2. The Balaban J connectivity index is 3.04. The first-order valence-corrected chi connectivity index (χ1v) is 4.12. The lowest BCUT2D eigenvalue weighted by Gasteiger charge is -2.00. The summed E-state index contributed by atoms with van der Waals surface area (Å²) in [5.74, 6) is -0.983. The third-order valence-corrected chi connectivity index (χ3v) is 1.85. The molecule has 0 bridgehead atoms. The van der Waals surface area contributed by atoms with Crippen molar-refractivity contribution in [3.63, 3.8) is 0 Å².